The number of rotatable bonds is 4. The molecule has 2 saturated carbocycles. The molecule has 0 saturated heterocycles. The van der Waals surface area contributed by atoms with E-state index in [0.29, 0.717) is 0 Å². The highest BCUT2D eigenvalue weighted by Gasteiger charge is 2.35. The van der Waals surface area contributed by atoms with Gasteiger partial charge < -0.3 is 0 Å². The minimum atomic E-state index is 0.956. The molecule has 0 heterocycles. The average Bonchev–Trinajstić information content (AvgIpc) is 2.61. The van der Waals surface area contributed by atoms with Crippen LogP contribution in [-0.2, 0) is 0 Å². The third-order valence-corrected chi connectivity index (χ3v) is 7.35. The summed E-state index contributed by atoms with van der Waals surface area (Å²) in [6.07, 6.45) is 8.93. The normalized spacial score (nSPS) is 49.5. The lowest BCUT2D eigenvalue weighted by atomic mass is 9.68. The standard InChI is InChI=1S/C20H38/c1-13-10-16(4)19(12-14(13)2)8-7-9-20-17(5)11-15(3)18(20)6/h13-20H,7-12H2,1-6H3. The summed E-state index contributed by atoms with van der Waals surface area (Å²) in [7, 11) is 0. The van der Waals surface area contributed by atoms with Gasteiger partial charge in [0.1, 0.15) is 0 Å². The molecule has 0 aromatic carbocycles. The fourth-order valence-electron chi connectivity index (χ4n) is 5.43. The Morgan fingerprint density at radius 2 is 1.20 bits per heavy atom. The fraction of sp³-hybridized carbons (Fsp3) is 1.00. The van der Waals surface area contributed by atoms with E-state index in [1.54, 1.807) is 0 Å². The minimum absolute atomic E-state index is 0.956. The van der Waals surface area contributed by atoms with Gasteiger partial charge in [0.2, 0.25) is 0 Å². The van der Waals surface area contributed by atoms with Crippen LogP contribution >= 0.6 is 0 Å². The van der Waals surface area contributed by atoms with Crippen molar-refractivity contribution >= 4 is 0 Å². The first-order valence-electron chi connectivity index (χ1n) is 9.40. The Morgan fingerprint density at radius 1 is 0.600 bits per heavy atom. The molecule has 0 nitrogen and oxygen atoms in total. The van der Waals surface area contributed by atoms with Crippen molar-refractivity contribution in [1.29, 1.82) is 0 Å². The molecule has 2 fully saturated rings. The maximum absolute atomic E-state index is 2.51. The summed E-state index contributed by atoms with van der Waals surface area (Å²) in [5.74, 6) is 7.82. The Bertz CT molecular complexity index is 294. The van der Waals surface area contributed by atoms with Gasteiger partial charge in [-0.15, -0.1) is 0 Å². The number of hydrogen-bond acceptors (Lipinski definition) is 0. The zero-order valence-electron chi connectivity index (χ0n) is 14.9. The second kappa shape index (κ2) is 6.84. The SMILES string of the molecule is CC1CC(C)C(CCCC2C(C)CC(C)C2C)CC1C. The molecular weight excluding hydrogens is 240 g/mol. The van der Waals surface area contributed by atoms with Crippen molar-refractivity contribution in [1.82, 2.24) is 0 Å². The molecule has 0 aliphatic heterocycles. The first kappa shape index (κ1) is 16.4. The summed E-state index contributed by atoms with van der Waals surface area (Å²) < 4.78 is 0. The molecule has 2 aliphatic carbocycles. The van der Waals surface area contributed by atoms with Crippen molar-refractivity contribution in [3.05, 3.63) is 0 Å². The van der Waals surface area contributed by atoms with E-state index in [9.17, 15) is 0 Å². The van der Waals surface area contributed by atoms with Crippen LogP contribution in [0.15, 0.2) is 0 Å². The molecule has 0 spiro atoms. The lowest BCUT2D eigenvalue weighted by Gasteiger charge is -2.37. The molecule has 20 heavy (non-hydrogen) atoms. The van der Waals surface area contributed by atoms with Crippen LogP contribution in [0.1, 0.15) is 80.1 Å². The van der Waals surface area contributed by atoms with Crippen molar-refractivity contribution in [2.45, 2.75) is 80.1 Å². The summed E-state index contributed by atoms with van der Waals surface area (Å²) in [5.41, 5.74) is 0. The molecule has 0 amide bonds. The van der Waals surface area contributed by atoms with E-state index < -0.39 is 0 Å². The van der Waals surface area contributed by atoms with Crippen LogP contribution in [0, 0.1) is 47.3 Å². The van der Waals surface area contributed by atoms with E-state index >= 15 is 0 Å². The fourth-order valence-corrected chi connectivity index (χ4v) is 5.43. The maximum Gasteiger partial charge on any atom is -0.0360 e. The molecule has 8 unspecified atom stereocenters. The average molecular weight is 279 g/mol. The van der Waals surface area contributed by atoms with Crippen LogP contribution in [0.5, 0.6) is 0 Å². The third kappa shape index (κ3) is 3.60. The highest BCUT2D eigenvalue weighted by Crippen LogP contribution is 2.45. The Kier molecular flexibility index (Phi) is 5.60. The van der Waals surface area contributed by atoms with Crippen LogP contribution in [0.2, 0.25) is 0 Å². The van der Waals surface area contributed by atoms with Gasteiger partial charge in [0.05, 0.1) is 0 Å². The summed E-state index contributed by atoms with van der Waals surface area (Å²) in [6, 6.07) is 0. The van der Waals surface area contributed by atoms with Crippen LogP contribution in [0.3, 0.4) is 0 Å². The monoisotopic (exact) mass is 278 g/mol. The van der Waals surface area contributed by atoms with Gasteiger partial charge >= 0.3 is 0 Å². The van der Waals surface area contributed by atoms with Crippen molar-refractivity contribution in [2.24, 2.45) is 47.3 Å². The molecule has 2 aliphatic rings. The molecule has 0 aromatic heterocycles. The van der Waals surface area contributed by atoms with Crippen LogP contribution < -0.4 is 0 Å². The zero-order valence-corrected chi connectivity index (χ0v) is 14.9. The minimum Gasteiger partial charge on any atom is -0.0622 e. The van der Waals surface area contributed by atoms with Crippen molar-refractivity contribution in [3.8, 4) is 0 Å². The molecule has 8 atom stereocenters. The van der Waals surface area contributed by atoms with Crippen LogP contribution in [-0.4, -0.2) is 0 Å². The van der Waals surface area contributed by atoms with Gasteiger partial charge in [-0.25, -0.2) is 0 Å². The second-order valence-electron chi connectivity index (χ2n) is 8.81. The van der Waals surface area contributed by atoms with Gasteiger partial charge in [0.15, 0.2) is 0 Å². The van der Waals surface area contributed by atoms with Crippen molar-refractivity contribution in [2.75, 3.05) is 0 Å². The van der Waals surface area contributed by atoms with Gasteiger partial charge in [-0.3, -0.25) is 0 Å². The lowest BCUT2D eigenvalue weighted by molar-refractivity contribution is 0.131. The highest BCUT2D eigenvalue weighted by atomic mass is 14.4. The van der Waals surface area contributed by atoms with E-state index in [4.69, 9.17) is 0 Å². The Hall–Kier alpha value is 0. The Labute approximate surface area is 128 Å². The van der Waals surface area contributed by atoms with Gasteiger partial charge in [-0.2, -0.15) is 0 Å². The van der Waals surface area contributed by atoms with E-state index in [2.05, 4.69) is 41.5 Å². The number of hydrogen-bond donors (Lipinski definition) is 0. The largest absolute Gasteiger partial charge is 0.0622 e. The van der Waals surface area contributed by atoms with Gasteiger partial charge in [0, 0.05) is 0 Å². The Morgan fingerprint density at radius 3 is 1.80 bits per heavy atom. The van der Waals surface area contributed by atoms with Gasteiger partial charge in [0.25, 0.3) is 0 Å². The lowest BCUT2D eigenvalue weighted by Crippen LogP contribution is -2.27. The van der Waals surface area contributed by atoms with Crippen molar-refractivity contribution < 1.29 is 0 Å². The topological polar surface area (TPSA) is 0 Å². The summed E-state index contributed by atoms with van der Waals surface area (Å²) in [6.45, 7) is 14.9. The first-order chi connectivity index (χ1) is 9.40. The predicted octanol–water partition coefficient (Wildman–Crippen LogP) is 6.40. The van der Waals surface area contributed by atoms with Crippen molar-refractivity contribution in [3.63, 3.8) is 0 Å². The van der Waals surface area contributed by atoms with Crippen LogP contribution in [0.4, 0.5) is 0 Å². The quantitative estimate of drug-likeness (QED) is 0.558. The molecule has 118 valence electrons. The first-order valence-corrected chi connectivity index (χ1v) is 9.40. The van der Waals surface area contributed by atoms with E-state index in [1.807, 2.05) is 0 Å². The molecule has 0 N–H and O–H groups in total. The zero-order chi connectivity index (χ0) is 14.9. The molecule has 2 rings (SSSR count). The molecule has 0 bridgehead atoms. The molecular formula is C20H38. The van der Waals surface area contributed by atoms with Gasteiger partial charge in [-0.1, -0.05) is 54.4 Å². The highest BCUT2D eigenvalue weighted by molar-refractivity contribution is 4.85. The maximum atomic E-state index is 2.51. The summed E-state index contributed by atoms with van der Waals surface area (Å²) in [4.78, 5) is 0. The summed E-state index contributed by atoms with van der Waals surface area (Å²) >= 11 is 0. The van der Waals surface area contributed by atoms with E-state index in [-0.39, 0.29) is 0 Å². The molecule has 0 heteroatoms. The van der Waals surface area contributed by atoms with E-state index in [1.165, 1.54) is 38.5 Å². The smallest absolute Gasteiger partial charge is 0.0360 e. The molecule has 0 radical (unpaired) electrons. The van der Waals surface area contributed by atoms with Crippen LogP contribution in [0.25, 0.3) is 0 Å². The second-order valence-corrected chi connectivity index (χ2v) is 8.81. The van der Waals surface area contributed by atoms with Gasteiger partial charge in [-0.05, 0) is 73.0 Å². The molecule has 0 aromatic rings. The third-order valence-electron chi connectivity index (χ3n) is 7.35. The predicted molar refractivity (Wildman–Crippen MR) is 89.7 cm³/mol. The summed E-state index contributed by atoms with van der Waals surface area (Å²) in [5, 5.41) is 0. The Balaban J connectivity index is 1.75. The van der Waals surface area contributed by atoms with E-state index in [0.717, 1.165) is 47.3 Å².